The van der Waals surface area contributed by atoms with Gasteiger partial charge in [-0.2, -0.15) is 0 Å². The molecule has 15 heavy (non-hydrogen) atoms. The van der Waals surface area contributed by atoms with Gasteiger partial charge in [0.05, 0.1) is 10.7 Å². The van der Waals surface area contributed by atoms with E-state index in [2.05, 4.69) is 23.6 Å². The second kappa shape index (κ2) is 4.64. The largest absolute Gasteiger partial charge is 0.379 e. The van der Waals surface area contributed by atoms with Gasteiger partial charge < -0.3 is 10.6 Å². The molecule has 0 amide bonds. The minimum absolute atomic E-state index is 0.440. The summed E-state index contributed by atoms with van der Waals surface area (Å²) in [7, 11) is 1.99. The Hall–Kier alpha value is -0.380. The summed E-state index contributed by atoms with van der Waals surface area (Å²) >= 11 is 8.04. The Labute approximate surface area is 99.8 Å². The van der Waals surface area contributed by atoms with Gasteiger partial charge in [0, 0.05) is 22.7 Å². The average Bonchev–Trinajstić information content (AvgIpc) is 2.21. The number of rotatable bonds is 2. The summed E-state index contributed by atoms with van der Waals surface area (Å²) in [4.78, 5) is 1.25. The molecule has 82 valence electrons. The van der Waals surface area contributed by atoms with Crippen molar-refractivity contribution in [2.45, 2.75) is 23.1 Å². The predicted octanol–water partition coefficient (Wildman–Crippen LogP) is 2.83. The Morgan fingerprint density at radius 1 is 1.53 bits per heavy atom. The highest BCUT2D eigenvalue weighted by molar-refractivity contribution is 8.00. The van der Waals surface area contributed by atoms with Crippen molar-refractivity contribution in [3.05, 3.63) is 23.2 Å². The van der Waals surface area contributed by atoms with E-state index in [0.29, 0.717) is 11.3 Å². The molecule has 0 aliphatic carbocycles. The van der Waals surface area contributed by atoms with Crippen molar-refractivity contribution in [1.82, 2.24) is 5.32 Å². The molecule has 1 heterocycles. The van der Waals surface area contributed by atoms with Gasteiger partial charge in [-0.05, 0) is 26.1 Å². The van der Waals surface area contributed by atoms with E-state index < -0.39 is 0 Å². The van der Waals surface area contributed by atoms with E-state index in [-0.39, 0.29) is 0 Å². The van der Waals surface area contributed by atoms with Crippen LogP contribution in [-0.4, -0.2) is 24.9 Å². The number of thioether (sulfide) groups is 1. The lowest BCUT2D eigenvalue weighted by atomic mass is 10.2. The van der Waals surface area contributed by atoms with Gasteiger partial charge in [-0.15, -0.1) is 11.8 Å². The Morgan fingerprint density at radius 3 is 3.07 bits per heavy atom. The van der Waals surface area contributed by atoms with Crippen molar-refractivity contribution < 1.29 is 0 Å². The van der Waals surface area contributed by atoms with Gasteiger partial charge in [-0.3, -0.25) is 0 Å². The van der Waals surface area contributed by atoms with Crippen LogP contribution in [0.2, 0.25) is 5.02 Å². The molecule has 1 aliphatic heterocycles. The molecular formula is C11H15ClN2S. The van der Waals surface area contributed by atoms with Crippen LogP contribution in [0.25, 0.3) is 0 Å². The molecule has 4 heteroatoms. The molecule has 2 rings (SSSR count). The standard InChI is InChI=1S/C11H15ClN2S/c1-7-10(6-13-2)15-9-5-3-4-8(12)11(9)14-7/h3-5,7,10,13-14H,6H2,1-2H3. The van der Waals surface area contributed by atoms with Gasteiger partial charge in [0.1, 0.15) is 0 Å². The number of halogens is 1. The molecule has 0 saturated carbocycles. The van der Waals surface area contributed by atoms with Gasteiger partial charge in [0.2, 0.25) is 0 Å². The molecule has 0 bridgehead atoms. The van der Waals surface area contributed by atoms with Crippen LogP contribution in [0.3, 0.4) is 0 Å². The third-order valence-electron chi connectivity index (χ3n) is 2.59. The number of para-hydroxylation sites is 1. The maximum absolute atomic E-state index is 6.14. The van der Waals surface area contributed by atoms with E-state index in [4.69, 9.17) is 11.6 Å². The number of hydrogen-bond acceptors (Lipinski definition) is 3. The first-order chi connectivity index (χ1) is 7.22. The van der Waals surface area contributed by atoms with Gasteiger partial charge in [-0.1, -0.05) is 17.7 Å². The Bertz CT molecular complexity index is 356. The SMILES string of the molecule is CNCC1Sc2cccc(Cl)c2NC1C. The van der Waals surface area contributed by atoms with E-state index in [1.807, 2.05) is 30.9 Å². The van der Waals surface area contributed by atoms with Gasteiger partial charge >= 0.3 is 0 Å². The molecule has 1 aliphatic rings. The van der Waals surface area contributed by atoms with Crippen molar-refractivity contribution in [3.8, 4) is 0 Å². The van der Waals surface area contributed by atoms with Gasteiger partial charge in [0.15, 0.2) is 0 Å². The van der Waals surface area contributed by atoms with E-state index in [1.165, 1.54) is 4.90 Å². The molecule has 0 saturated heterocycles. The minimum atomic E-state index is 0.440. The highest BCUT2D eigenvalue weighted by Gasteiger charge is 2.25. The number of benzene rings is 1. The minimum Gasteiger partial charge on any atom is -0.379 e. The Kier molecular flexibility index (Phi) is 3.44. The van der Waals surface area contributed by atoms with Gasteiger partial charge in [-0.25, -0.2) is 0 Å². The summed E-state index contributed by atoms with van der Waals surface area (Å²) < 4.78 is 0. The van der Waals surface area contributed by atoms with Crippen molar-refractivity contribution in [1.29, 1.82) is 0 Å². The van der Waals surface area contributed by atoms with E-state index >= 15 is 0 Å². The van der Waals surface area contributed by atoms with Crippen LogP contribution in [0, 0.1) is 0 Å². The van der Waals surface area contributed by atoms with Crippen molar-refractivity contribution in [3.63, 3.8) is 0 Å². The highest BCUT2D eigenvalue weighted by atomic mass is 35.5. The molecule has 2 unspecified atom stereocenters. The zero-order valence-electron chi connectivity index (χ0n) is 8.88. The molecule has 0 aromatic heterocycles. The zero-order valence-corrected chi connectivity index (χ0v) is 10.5. The molecule has 2 N–H and O–H groups in total. The van der Waals surface area contributed by atoms with E-state index in [9.17, 15) is 0 Å². The smallest absolute Gasteiger partial charge is 0.0670 e. The Balaban J connectivity index is 2.25. The van der Waals surface area contributed by atoms with Crippen LogP contribution in [0.5, 0.6) is 0 Å². The predicted molar refractivity (Wildman–Crippen MR) is 68.1 cm³/mol. The average molecular weight is 243 g/mol. The zero-order chi connectivity index (χ0) is 10.8. The van der Waals surface area contributed by atoms with Crippen LogP contribution >= 0.6 is 23.4 Å². The third-order valence-corrected chi connectivity index (χ3v) is 4.38. The number of fused-ring (bicyclic) bond motifs is 1. The lowest BCUT2D eigenvalue weighted by Crippen LogP contribution is -2.38. The monoisotopic (exact) mass is 242 g/mol. The summed E-state index contributed by atoms with van der Waals surface area (Å²) in [6.07, 6.45) is 0. The number of anilines is 1. The molecule has 2 atom stereocenters. The number of nitrogens with one attached hydrogen (secondary N) is 2. The molecule has 0 spiro atoms. The summed E-state index contributed by atoms with van der Waals surface area (Å²) in [5, 5.41) is 8.06. The molecule has 1 aromatic rings. The summed E-state index contributed by atoms with van der Waals surface area (Å²) in [6.45, 7) is 3.20. The fourth-order valence-electron chi connectivity index (χ4n) is 1.75. The van der Waals surface area contributed by atoms with Crippen LogP contribution < -0.4 is 10.6 Å². The fraction of sp³-hybridized carbons (Fsp3) is 0.455. The molecule has 1 aromatic carbocycles. The van der Waals surface area contributed by atoms with Crippen LogP contribution in [-0.2, 0) is 0 Å². The fourth-order valence-corrected chi connectivity index (χ4v) is 3.33. The first-order valence-electron chi connectivity index (χ1n) is 5.08. The van der Waals surface area contributed by atoms with Gasteiger partial charge in [0.25, 0.3) is 0 Å². The van der Waals surface area contributed by atoms with Crippen molar-refractivity contribution in [2.75, 3.05) is 18.9 Å². The second-order valence-electron chi connectivity index (χ2n) is 3.76. The van der Waals surface area contributed by atoms with Crippen LogP contribution in [0.4, 0.5) is 5.69 Å². The lowest BCUT2D eigenvalue weighted by Gasteiger charge is -2.32. The molecular weight excluding hydrogens is 228 g/mol. The summed E-state index contributed by atoms with van der Waals surface area (Å²) in [5.74, 6) is 0. The first-order valence-corrected chi connectivity index (χ1v) is 6.34. The summed E-state index contributed by atoms with van der Waals surface area (Å²) in [6, 6.07) is 6.49. The topological polar surface area (TPSA) is 24.1 Å². The summed E-state index contributed by atoms with van der Waals surface area (Å²) in [5.41, 5.74) is 1.09. The van der Waals surface area contributed by atoms with E-state index in [0.717, 1.165) is 17.3 Å². The Morgan fingerprint density at radius 2 is 2.33 bits per heavy atom. The van der Waals surface area contributed by atoms with Crippen LogP contribution in [0.15, 0.2) is 23.1 Å². The molecule has 0 fully saturated rings. The number of hydrogen-bond donors (Lipinski definition) is 2. The highest BCUT2D eigenvalue weighted by Crippen LogP contribution is 2.41. The van der Waals surface area contributed by atoms with E-state index in [1.54, 1.807) is 0 Å². The second-order valence-corrected chi connectivity index (χ2v) is 5.45. The quantitative estimate of drug-likeness (QED) is 0.834. The van der Waals surface area contributed by atoms with Crippen molar-refractivity contribution in [2.24, 2.45) is 0 Å². The molecule has 2 nitrogen and oxygen atoms in total. The first kappa shape index (κ1) is 11.1. The molecule has 0 radical (unpaired) electrons. The van der Waals surface area contributed by atoms with Crippen molar-refractivity contribution >= 4 is 29.1 Å². The van der Waals surface area contributed by atoms with Crippen LogP contribution in [0.1, 0.15) is 6.92 Å². The maximum atomic E-state index is 6.14. The third kappa shape index (κ3) is 2.25. The lowest BCUT2D eigenvalue weighted by molar-refractivity contribution is 0.665. The maximum Gasteiger partial charge on any atom is 0.0670 e. The normalized spacial score (nSPS) is 24.5.